The average molecular weight is 536 g/mol. The molecule has 0 aliphatic rings. The molecule has 3 aromatic rings. The Morgan fingerprint density at radius 3 is 2.13 bits per heavy atom. The van der Waals surface area contributed by atoms with Gasteiger partial charge in [0.1, 0.15) is 18.2 Å². The standard InChI is InChI=1S/C26H28F3N3O6/c1-15(2)23-24(25(37)31(29)13-16-3-5-17(27)6-4-16)30-32(19-9-7-18(28)8-10-19)26(23)38-14-21(34)11-20(33)12-22(35)36/h3-10,15,20-21,33-34H,11-14H2,1-2H3,(H,35,36)/t20-,21+/m1/s1. The molecule has 0 spiro atoms. The van der Waals surface area contributed by atoms with Crippen molar-refractivity contribution in [1.29, 1.82) is 0 Å². The third-order valence-electron chi connectivity index (χ3n) is 5.55. The van der Waals surface area contributed by atoms with Crippen LogP contribution in [0.2, 0.25) is 0 Å². The van der Waals surface area contributed by atoms with Gasteiger partial charge in [0.05, 0.1) is 36.4 Å². The maximum absolute atomic E-state index is 15.0. The minimum absolute atomic E-state index is 0.0167. The summed E-state index contributed by atoms with van der Waals surface area (Å²) in [6.45, 7) is 2.54. The summed E-state index contributed by atoms with van der Waals surface area (Å²) in [6.07, 6.45) is -3.46. The van der Waals surface area contributed by atoms with Crippen LogP contribution in [0.25, 0.3) is 5.69 Å². The van der Waals surface area contributed by atoms with E-state index < -0.39 is 61.2 Å². The number of amides is 1. The summed E-state index contributed by atoms with van der Waals surface area (Å²) in [5.41, 5.74) is 0.543. The van der Waals surface area contributed by atoms with E-state index in [1.165, 1.54) is 28.9 Å². The van der Waals surface area contributed by atoms with E-state index in [0.29, 0.717) is 5.56 Å². The van der Waals surface area contributed by atoms with E-state index in [2.05, 4.69) is 5.10 Å². The predicted octanol–water partition coefficient (Wildman–Crippen LogP) is 3.77. The van der Waals surface area contributed by atoms with Gasteiger partial charge in [0.15, 0.2) is 5.69 Å². The topological polar surface area (TPSA) is 125 Å². The highest BCUT2D eigenvalue weighted by Crippen LogP contribution is 2.34. The molecule has 38 heavy (non-hydrogen) atoms. The summed E-state index contributed by atoms with van der Waals surface area (Å²) in [6, 6.07) is 10.0. The molecule has 2 aromatic carbocycles. The molecule has 0 aliphatic heterocycles. The smallest absolute Gasteiger partial charge is 0.305 e. The minimum Gasteiger partial charge on any atom is -0.481 e. The summed E-state index contributed by atoms with van der Waals surface area (Å²) in [5, 5.41) is 33.1. The number of halogens is 3. The molecule has 1 aromatic heterocycles. The lowest BCUT2D eigenvalue weighted by molar-refractivity contribution is -0.139. The van der Waals surface area contributed by atoms with Gasteiger partial charge in [0.25, 0.3) is 0 Å². The number of hydrogen-bond donors (Lipinski definition) is 3. The number of hydrogen-bond acceptors (Lipinski definition) is 6. The Kier molecular flexibility index (Phi) is 9.48. The molecular formula is C26H28F3N3O6. The first-order valence-corrected chi connectivity index (χ1v) is 11.8. The molecule has 0 unspecified atom stereocenters. The number of carboxylic acids is 1. The number of carbonyl (C=O) groups excluding carboxylic acids is 1. The maximum atomic E-state index is 15.0. The van der Waals surface area contributed by atoms with Crippen molar-refractivity contribution < 1.29 is 42.9 Å². The Labute approximate surface area is 216 Å². The van der Waals surface area contributed by atoms with Crippen molar-refractivity contribution in [2.45, 2.75) is 51.4 Å². The Morgan fingerprint density at radius 2 is 1.58 bits per heavy atom. The highest BCUT2D eigenvalue weighted by atomic mass is 19.2. The van der Waals surface area contributed by atoms with E-state index in [1.807, 2.05) is 0 Å². The van der Waals surface area contributed by atoms with Crippen molar-refractivity contribution in [2.24, 2.45) is 0 Å². The summed E-state index contributed by atoms with van der Waals surface area (Å²) >= 11 is 0. The fourth-order valence-electron chi connectivity index (χ4n) is 3.77. The lowest BCUT2D eigenvalue weighted by atomic mass is 10.0. The van der Waals surface area contributed by atoms with Crippen molar-refractivity contribution >= 4 is 11.9 Å². The average Bonchev–Trinajstić information content (AvgIpc) is 3.23. The van der Waals surface area contributed by atoms with Gasteiger partial charge >= 0.3 is 11.9 Å². The van der Waals surface area contributed by atoms with Gasteiger partial charge in [-0.05, 0) is 47.9 Å². The Hall–Kier alpha value is -3.90. The number of carboxylic acid groups (broad SMARTS) is 1. The van der Waals surface area contributed by atoms with Gasteiger partial charge in [0, 0.05) is 6.42 Å². The summed E-state index contributed by atoms with van der Waals surface area (Å²) in [7, 11) is 0. The number of ether oxygens (including phenoxy) is 1. The van der Waals surface area contributed by atoms with Crippen molar-refractivity contribution in [3.63, 3.8) is 0 Å². The summed E-state index contributed by atoms with van der Waals surface area (Å²) in [4.78, 5) is 23.9. The molecule has 0 saturated carbocycles. The molecule has 12 heteroatoms. The second-order valence-corrected chi connectivity index (χ2v) is 9.01. The zero-order chi connectivity index (χ0) is 28.0. The number of aliphatic hydroxyl groups is 2. The number of rotatable bonds is 12. The fourth-order valence-corrected chi connectivity index (χ4v) is 3.77. The molecular weight excluding hydrogens is 507 g/mol. The number of aliphatic carboxylic acids is 1. The van der Waals surface area contributed by atoms with Gasteiger partial charge in [-0.1, -0.05) is 30.5 Å². The number of aliphatic hydroxyl groups excluding tert-OH is 2. The third kappa shape index (κ3) is 7.33. The highest BCUT2D eigenvalue weighted by Gasteiger charge is 2.31. The van der Waals surface area contributed by atoms with Gasteiger partial charge < -0.3 is 20.1 Å². The predicted molar refractivity (Wildman–Crippen MR) is 129 cm³/mol. The van der Waals surface area contributed by atoms with Crippen LogP contribution >= 0.6 is 0 Å². The largest absolute Gasteiger partial charge is 0.481 e. The minimum atomic E-state index is -1.32. The number of carbonyl (C=O) groups is 2. The molecule has 2 atom stereocenters. The van der Waals surface area contributed by atoms with E-state index in [1.54, 1.807) is 13.8 Å². The zero-order valence-corrected chi connectivity index (χ0v) is 20.7. The third-order valence-corrected chi connectivity index (χ3v) is 5.55. The van der Waals surface area contributed by atoms with Crippen molar-refractivity contribution in [3.05, 3.63) is 77.0 Å². The zero-order valence-electron chi connectivity index (χ0n) is 20.7. The SMILES string of the molecule is CC(C)c1c(C(=O)N(F)Cc2ccc(F)cc2)nn(-c2ccc(F)cc2)c1OC[C@@H](O)C[C@@H](O)CC(=O)O. The van der Waals surface area contributed by atoms with Gasteiger partial charge in [-0.15, -0.1) is 0 Å². The first-order valence-electron chi connectivity index (χ1n) is 11.8. The summed E-state index contributed by atoms with van der Waals surface area (Å²) < 4.78 is 48.7. The second-order valence-electron chi connectivity index (χ2n) is 9.01. The number of nitrogens with zero attached hydrogens (tertiary/aromatic N) is 3. The molecule has 0 aliphatic carbocycles. The molecule has 1 heterocycles. The van der Waals surface area contributed by atoms with Crippen LogP contribution in [0.5, 0.6) is 5.88 Å². The van der Waals surface area contributed by atoms with Gasteiger partial charge in [-0.2, -0.15) is 10.2 Å². The van der Waals surface area contributed by atoms with E-state index in [9.17, 15) is 28.6 Å². The van der Waals surface area contributed by atoms with Crippen LogP contribution in [0.15, 0.2) is 48.5 Å². The number of benzene rings is 2. The lowest BCUT2D eigenvalue weighted by Gasteiger charge is -2.18. The molecule has 9 nitrogen and oxygen atoms in total. The van der Waals surface area contributed by atoms with Crippen molar-refractivity contribution in [1.82, 2.24) is 14.9 Å². The van der Waals surface area contributed by atoms with E-state index in [0.717, 1.165) is 24.3 Å². The molecule has 3 rings (SSSR count). The highest BCUT2D eigenvalue weighted by molar-refractivity contribution is 5.94. The summed E-state index contributed by atoms with van der Waals surface area (Å²) in [5.74, 6) is -3.81. The van der Waals surface area contributed by atoms with Crippen LogP contribution in [-0.4, -0.2) is 60.9 Å². The Balaban J connectivity index is 1.95. The Morgan fingerprint density at radius 1 is 1.00 bits per heavy atom. The van der Waals surface area contributed by atoms with Gasteiger partial charge in [0.2, 0.25) is 5.88 Å². The quantitative estimate of drug-likeness (QED) is 0.302. The molecule has 204 valence electrons. The molecule has 1 amide bonds. The van der Waals surface area contributed by atoms with Crippen molar-refractivity contribution in [3.8, 4) is 11.6 Å². The molecule has 0 saturated heterocycles. The fraction of sp³-hybridized carbons (Fsp3) is 0.346. The van der Waals surface area contributed by atoms with Crippen LogP contribution in [0.4, 0.5) is 13.3 Å². The van der Waals surface area contributed by atoms with Gasteiger partial charge in [-0.3, -0.25) is 9.59 Å². The normalized spacial score (nSPS) is 12.8. The first-order chi connectivity index (χ1) is 18.0. The number of aromatic nitrogens is 2. The van der Waals surface area contributed by atoms with Crippen LogP contribution in [-0.2, 0) is 11.3 Å². The molecule has 0 bridgehead atoms. The van der Waals surface area contributed by atoms with Crippen LogP contribution in [0.3, 0.4) is 0 Å². The van der Waals surface area contributed by atoms with E-state index in [-0.39, 0.29) is 34.4 Å². The van der Waals surface area contributed by atoms with E-state index >= 15 is 4.48 Å². The molecule has 0 fully saturated rings. The Bertz CT molecular complexity index is 1250. The molecule has 3 N–H and O–H groups in total. The monoisotopic (exact) mass is 535 g/mol. The van der Waals surface area contributed by atoms with Crippen LogP contribution in [0.1, 0.15) is 54.2 Å². The second kappa shape index (κ2) is 12.6. The van der Waals surface area contributed by atoms with Crippen LogP contribution in [0, 0.1) is 11.6 Å². The van der Waals surface area contributed by atoms with Crippen molar-refractivity contribution in [2.75, 3.05) is 6.61 Å². The van der Waals surface area contributed by atoms with Crippen LogP contribution < -0.4 is 4.74 Å². The van der Waals surface area contributed by atoms with Gasteiger partial charge in [-0.25, -0.2) is 13.5 Å². The first kappa shape index (κ1) is 28.7. The molecule has 0 radical (unpaired) electrons. The van der Waals surface area contributed by atoms with E-state index in [4.69, 9.17) is 9.84 Å². The maximum Gasteiger partial charge on any atom is 0.305 e. The lowest BCUT2D eigenvalue weighted by Crippen LogP contribution is -2.26.